The zero-order chi connectivity index (χ0) is 11.1. The maximum absolute atomic E-state index is 13.1. The number of hydrogen-bond acceptors (Lipinski definition) is 1. The van der Waals surface area contributed by atoms with E-state index in [4.69, 9.17) is 0 Å². The monoisotopic (exact) mass is 215 g/mol. The van der Waals surface area contributed by atoms with Gasteiger partial charge >= 0.3 is 6.18 Å². The molecular formula is C10H5F4N. The fraction of sp³-hybridized carbons (Fsp3) is 0.100. The predicted octanol–water partition coefficient (Wildman–Crippen LogP) is 3.39. The normalized spacial score (nSPS) is 12.0. The Bertz CT molecular complexity index is 504. The molecule has 2 rings (SSSR count). The summed E-state index contributed by atoms with van der Waals surface area (Å²) < 4.78 is 49.9. The molecule has 0 N–H and O–H groups in total. The Hall–Kier alpha value is -1.65. The number of rotatable bonds is 0. The first kappa shape index (κ1) is 9.89. The second-order valence-corrected chi connectivity index (χ2v) is 3.01. The van der Waals surface area contributed by atoms with Gasteiger partial charge in [-0.3, -0.25) is 0 Å². The van der Waals surface area contributed by atoms with Crippen molar-refractivity contribution < 1.29 is 17.6 Å². The van der Waals surface area contributed by atoms with Crippen LogP contribution in [0.3, 0.4) is 0 Å². The molecule has 0 aliphatic carbocycles. The number of pyridine rings is 1. The summed E-state index contributed by atoms with van der Waals surface area (Å²) in [7, 11) is 0. The summed E-state index contributed by atoms with van der Waals surface area (Å²) >= 11 is 0. The number of hydrogen-bond donors (Lipinski definition) is 0. The van der Waals surface area contributed by atoms with Gasteiger partial charge in [0.05, 0.1) is 0 Å². The lowest BCUT2D eigenvalue weighted by Crippen LogP contribution is -2.07. The predicted molar refractivity (Wildman–Crippen MR) is 46.7 cm³/mol. The quantitative estimate of drug-likeness (QED) is 0.614. The van der Waals surface area contributed by atoms with Crippen LogP contribution in [0.1, 0.15) is 5.69 Å². The Balaban J connectivity index is 2.70. The maximum Gasteiger partial charge on any atom is 0.433 e. The summed E-state index contributed by atoms with van der Waals surface area (Å²) in [5.41, 5.74) is -1.34. The van der Waals surface area contributed by atoms with Gasteiger partial charge < -0.3 is 0 Å². The first-order valence-electron chi connectivity index (χ1n) is 4.11. The van der Waals surface area contributed by atoms with Crippen molar-refractivity contribution in [1.82, 2.24) is 4.98 Å². The molecule has 78 valence electrons. The van der Waals surface area contributed by atoms with Crippen LogP contribution in [0.4, 0.5) is 17.6 Å². The Morgan fingerprint density at radius 3 is 2.40 bits per heavy atom. The van der Waals surface area contributed by atoms with Crippen LogP contribution in [0, 0.1) is 5.82 Å². The molecule has 0 bridgehead atoms. The second kappa shape index (κ2) is 3.18. The van der Waals surface area contributed by atoms with Crippen molar-refractivity contribution in [3.63, 3.8) is 0 Å². The number of benzene rings is 1. The Kier molecular flexibility index (Phi) is 2.10. The van der Waals surface area contributed by atoms with Crippen LogP contribution < -0.4 is 0 Å². The summed E-state index contributed by atoms with van der Waals surface area (Å²) in [5, 5.41) is 0.350. The van der Waals surface area contributed by atoms with Gasteiger partial charge in [-0.15, -0.1) is 0 Å². The van der Waals surface area contributed by atoms with Crippen LogP contribution in [0.15, 0.2) is 30.3 Å². The van der Waals surface area contributed by atoms with Gasteiger partial charge in [-0.2, -0.15) is 13.2 Å². The van der Waals surface area contributed by atoms with E-state index >= 15 is 0 Å². The Morgan fingerprint density at radius 1 is 1.00 bits per heavy atom. The van der Waals surface area contributed by atoms with Crippen LogP contribution in [0.25, 0.3) is 10.9 Å². The highest BCUT2D eigenvalue weighted by Gasteiger charge is 2.32. The number of alkyl halides is 3. The Labute approximate surface area is 82.4 Å². The van der Waals surface area contributed by atoms with E-state index < -0.39 is 17.7 Å². The molecule has 0 radical (unpaired) electrons. The van der Waals surface area contributed by atoms with Gasteiger partial charge in [0.15, 0.2) is 0 Å². The smallest absolute Gasteiger partial charge is 0.240 e. The SMILES string of the molecule is Fc1cccc2ccc(C(F)(F)F)nc12. The molecule has 1 heterocycles. The maximum atomic E-state index is 13.1. The van der Waals surface area contributed by atoms with Gasteiger partial charge in [-0.25, -0.2) is 9.37 Å². The molecule has 0 aliphatic rings. The van der Waals surface area contributed by atoms with E-state index in [1.165, 1.54) is 18.2 Å². The molecule has 1 nitrogen and oxygen atoms in total. The third-order valence-electron chi connectivity index (χ3n) is 1.96. The van der Waals surface area contributed by atoms with E-state index in [-0.39, 0.29) is 5.52 Å². The molecular weight excluding hydrogens is 210 g/mol. The van der Waals surface area contributed by atoms with Gasteiger partial charge in [0, 0.05) is 5.39 Å². The molecule has 0 unspecified atom stereocenters. The van der Waals surface area contributed by atoms with Crippen molar-refractivity contribution >= 4 is 10.9 Å². The Morgan fingerprint density at radius 2 is 1.73 bits per heavy atom. The van der Waals surface area contributed by atoms with Gasteiger partial charge in [-0.1, -0.05) is 18.2 Å². The third kappa shape index (κ3) is 1.77. The molecule has 0 saturated heterocycles. The van der Waals surface area contributed by atoms with Gasteiger partial charge in [0.1, 0.15) is 17.0 Å². The average Bonchev–Trinajstić information content (AvgIpc) is 2.16. The van der Waals surface area contributed by atoms with Gasteiger partial charge in [-0.05, 0) is 12.1 Å². The van der Waals surface area contributed by atoms with Crippen molar-refractivity contribution in [2.75, 3.05) is 0 Å². The lowest BCUT2D eigenvalue weighted by atomic mass is 10.2. The number of nitrogens with zero attached hydrogens (tertiary/aromatic N) is 1. The van der Waals surface area contributed by atoms with E-state index in [0.29, 0.717) is 5.39 Å². The lowest BCUT2D eigenvalue weighted by Gasteiger charge is -2.06. The zero-order valence-electron chi connectivity index (χ0n) is 7.35. The standard InChI is InChI=1S/C10H5F4N/c11-7-3-1-2-6-4-5-8(10(12,13)14)15-9(6)7/h1-5H. The van der Waals surface area contributed by atoms with Crippen LogP contribution >= 0.6 is 0 Å². The summed E-state index contributed by atoms with van der Waals surface area (Å²) in [6.07, 6.45) is -4.55. The molecule has 0 saturated carbocycles. The number of fused-ring (bicyclic) bond motifs is 1. The van der Waals surface area contributed by atoms with Crippen molar-refractivity contribution in [2.24, 2.45) is 0 Å². The molecule has 15 heavy (non-hydrogen) atoms. The van der Waals surface area contributed by atoms with Crippen molar-refractivity contribution in [2.45, 2.75) is 6.18 Å². The van der Waals surface area contributed by atoms with Gasteiger partial charge in [0.2, 0.25) is 0 Å². The zero-order valence-corrected chi connectivity index (χ0v) is 7.35. The summed E-state index contributed by atoms with van der Waals surface area (Å²) in [5.74, 6) is -0.751. The number of halogens is 4. The van der Waals surface area contributed by atoms with E-state index in [0.717, 1.165) is 12.1 Å². The topological polar surface area (TPSA) is 12.9 Å². The molecule has 0 atom stereocenters. The second-order valence-electron chi connectivity index (χ2n) is 3.01. The minimum Gasteiger partial charge on any atom is -0.240 e. The lowest BCUT2D eigenvalue weighted by molar-refractivity contribution is -0.140. The van der Waals surface area contributed by atoms with E-state index in [1.54, 1.807) is 0 Å². The average molecular weight is 215 g/mol. The summed E-state index contributed by atoms with van der Waals surface area (Å²) in [4.78, 5) is 3.25. The number of aromatic nitrogens is 1. The largest absolute Gasteiger partial charge is 0.433 e. The first-order valence-corrected chi connectivity index (χ1v) is 4.11. The third-order valence-corrected chi connectivity index (χ3v) is 1.96. The van der Waals surface area contributed by atoms with Crippen molar-refractivity contribution in [3.8, 4) is 0 Å². The highest BCUT2D eigenvalue weighted by Crippen LogP contribution is 2.29. The van der Waals surface area contributed by atoms with E-state index in [2.05, 4.69) is 4.98 Å². The minimum atomic E-state index is -4.55. The molecule has 2 aromatic rings. The first-order chi connectivity index (χ1) is 6.98. The summed E-state index contributed by atoms with van der Waals surface area (Å²) in [6, 6.07) is 6.05. The van der Waals surface area contributed by atoms with Gasteiger partial charge in [0.25, 0.3) is 0 Å². The highest BCUT2D eigenvalue weighted by molar-refractivity contribution is 5.79. The fourth-order valence-corrected chi connectivity index (χ4v) is 1.27. The minimum absolute atomic E-state index is 0.257. The highest BCUT2D eigenvalue weighted by atomic mass is 19.4. The van der Waals surface area contributed by atoms with E-state index in [9.17, 15) is 17.6 Å². The van der Waals surface area contributed by atoms with Crippen LogP contribution in [-0.4, -0.2) is 4.98 Å². The fourth-order valence-electron chi connectivity index (χ4n) is 1.27. The molecule has 0 fully saturated rings. The molecule has 1 aromatic heterocycles. The van der Waals surface area contributed by atoms with Crippen LogP contribution in [-0.2, 0) is 6.18 Å². The summed E-state index contributed by atoms with van der Waals surface area (Å²) in [6.45, 7) is 0. The molecule has 0 amide bonds. The van der Waals surface area contributed by atoms with Crippen LogP contribution in [0.2, 0.25) is 0 Å². The van der Waals surface area contributed by atoms with Crippen molar-refractivity contribution in [1.29, 1.82) is 0 Å². The number of para-hydroxylation sites is 1. The molecule has 0 aliphatic heterocycles. The van der Waals surface area contributed by atoms with Crippen molar-refractivity contribution in [3.05, 3.63) is 41.8 Å². The molecule has 5 heteroatoms. The van der Waals surface area contributed by atoms with E-state index in [1.807, 2.05) is 0 Å². The molecule has 0 spiro atoms. The van der Waals surface area contributed by atoms with Crippen LogP contribution in [0.5, 0.6) is 0 Å². The molecule has 1 aromatic carbocycles.